The number of aliphatic hydroxyl groups excluding tert-OH is 1. The number of nitrogens with one attached hydrogen (secondary N) is 2. The molecule has 144 valence electrons. The minimum absolute atomic E-state index is 0.00864. The molecule has 0 aliphatic carbocycles. The molecule has 0 saturated heterocycles. The monoisotopic (exact) mass is 382 g/mol. The average Bonchev–Trinajstić information content (AvgIpc) is 2.64. The van der Waals surface area contributed by atoms with E-state index in [2.05, 4.69) is 10.6 Å². The van der Waals surface area contributed by atoms with Gasteiger partial charge >= 0.3 is 6.18 Å². The highest BCUT2D eigenvalue weighted by atomic mass is 19.4. The first-order valence-corrected chi connectivity index (χ1v) is 7.88. The van der Waals surface area contributed by atoms with Gasteiger partial charge in [-0.2, -0.15) is 13.2 Å². The van der Waals surface area contributed by atoms with Gasteiger partial charge in [-0.3, -0.25) is 9.59 Å². The SMILES string of the molecule is O=C(COc1ccc(C(=O)NCCO)cc1)Nc1cccc(C(F)(F)F)c1. The van der Waals surface area contributed by atoms with Gasteiger partial charge in [-0.15, -0.1) is 0 Å². The zero-order chi connectivity index (χ0) is 19.9. The van der Waals surface area contributed by atoms with E-state index in [9.17, 15) is 22.8 Å². The molecule has 0 aromatic heterocycles. The fourth-order valence-electron chi connectivity index (χ4n) is 2.09. The van der Waals surface area contributed by atoms with Gasteiger partial charge in [0.1, 0.15) is 5.75 Å². The van der Waals surface area contributed by atoms with Gasteiger partial charge in [0.05, 0.1) is 12.2 Å². The molecule has 27 heavy (non-hydrogen) atoms. The number of rotatable bonds is 7. The number of aliphatic hydroxyl groups is 1. The first-order chi connectivity index (χ1) is 12.8. The smallest absolute Gasteiger partial charge is 0.416 e. The molecular formula is C18H17F3N2O4. The molecule has 0 unspecified atom stereocenters. The second-order valence-electron chi connectivity index (χ2n) is 5.42. The second kappa shape index (κ2) is 9.04. The van der Waals surface area contributed by atoms with Crippen LogP contribution in [0.4, 0.5) is 18.9 Å². The van der Waals surface area contributed by atoms with Crippen molar-refractivity contribution < 1.29 is 32.6 Å². The lowest BCUT2D eigenvalue weighted by Gasteiger charge is -2.11. The second-order valence-corrected chi connectivity index (χ2v) is 5.42. The van der Waals surface area contributed by atoms with Crippen molar-refractivity contribution in [1.29, 1.82) is 0 Å². The number of halogens is 3. The number of carbonyl (C=O) groups excluding carboxylic acids is 2. The lowest BCUT2D eigenvalue weighted by atomic mass is 10.2. The van der Waals surface area contributed by atoms with Gasteiger partial charge in [0.25, 0.3) is 11.8 Å². The lowest BCUT2D eigenvalue weighted by Crippen LogP contribution is -2.26. The molecule has 0 atom stereocenters. The van der Waals surface area contributed by atoms with Crippen molar-refractivity contribution >= 4 is 17.5 Å². The van der Waals surface area contributed by atoms with E-state index in [-0.39, 0.29) is 24.7 Å². The number of anilines is 1. The van der Waals surface area contributed by atoms with Crippen molar-refractivity contribution in [1.82, 2.24) is 5.32 Å². The van der Waals surface area contributed by atoms with Crippen molar-refractivity contribution in [2.75, 3.05) is 25.1 Å². The third-order valence-corrected chi connectivity index (χ3v) is 3.36. The van der Waals surface area contributed by atoms with Crippen LogP contribution in [0.2, 0.25) is 0 Å². The standard InChI is InChI=1S/C18H17F3N2O4/c19-18(20,21)13-2-1-3-14(10-13)23-16(25)11-27-15-6-4-12(5-7-15)17(26)22-8-9-24/h1-7,10,24H,8-9,11H2,(H,22,26)(H,23,25). The van der Waals surface area contributed by atoms with Gasteiger partial charge in [0.2, 0.25) is 0 Å². The Labute approximate surface area is 153 Å². The lowest BCUT2D eigenvalue weighted by molar-refractivity contribution is -0.137. The van der Waals surface area contributed by atoms with Crippen LogP contribution in [-0.4, -0.2) is 36.7 Å². The summed E-state index contributed by atoms with van der Waals surface area (Å²) in [4.78, 5) is 23.5. The van der Waals surface area contributed by atoms with E-state index in [4.69, 9.17) is 9.84 Å². The van der Waals surface area contributed by atoms with Crippen molar-refractivity contribution in [3.63, 3.8) is 0 Å². The highest BCUT2D eigenvalue weighted by Crippen LogP contribution is 2.30. The van der Waals surface area contributed by atoms with E-state index in [1.165, 1.54) is 36.4 Å². The molecule has 0 heterocycles. The van der Waals surface area contributed by atoms with E-state index >= 15 is 0 Å². The fourth-order valence-corrected chi connectivity index (χ4v) is 2.09. The summed E-state index contributed by atoms with van der Waals surface area (Å²) >= 11 is 0. The molecule has 0 radical (unpaired) electrons. The summed E-state index contributed by atoms with van der Waals surface area (Å²) in [6, 6.07) is 10.2. The quantitative estimate of drug-likeness (QED) is 0.687. The first-order valence-electron chi connectivity index (χ1n) is 7.88. The summed E-state index contributed by atoms with van der Waals surface area (Å²) in [6.07, 6.45) is -4.50. The highest BCUT2D eigenvalue weighted by molar-refractivity contribution is 5.94. The van der Waals surface area contributed by atoms with Gasteiger partial charge in [0, 0.05) is 17.8 Å². The minimum atomic E-state index is -4.50. The molecule has 2 amide bonds. The number of benzene rings is 2. The van der Waals surface area contributed by atoms with Crippen molar-refractivity contribution in [3.05, 3.63) is 59.7 Å². The molecule has 0 aliphatic rings. The first kappa shape index (κ1) is 20.2. The van der Waals surface area contributed by atoms with Crippen molar-refractivity contribution in [3.8, 4) is 5.75 Å². The topological polar surface area (TPSA) is 87.7 Å². The van der Waals surface area contributed by atoms with E-state index in [1.54, 1.807) is 0 Å². The van der Waals surface area contributed by atoms with Crippen LogP contribution < -0.4 is 15.4 Å². The summed E-state index contributed by atoms with van der Waals surface area (Å²) in [5.41, 5.74) is -0.505. The van der Waals surface area contributed by atoms with E-state index in [1.807, 2.05) is 0 Å². The van der Waals surface area contributed by atoms with Gasteiger partial charge in [-0.25, -0.2) is 0 Å². The van der Waals surface area contributed by atoms with Gasteiger partial charge in [-0.1, -0.05) is 6.07 Å². The number of hydrogen-bond donors (Lipinski definition) is 3. The molecule has 6 nitrogen and oxygen atoms in total. The van der Waals surface area contributed by atoms with Crippen LogP contribution in [0.1, 0.15) is 15.9 Å². The predicted molar refractivity (Wildman–Crippen MR) is 91.4 cm³/mol. The Kier molecular flexibility index (Phi) is 6.78. The van der Waals surface area contributed by atoms with Gasteiger partial charge in [-0.05, 0) is 42.5 Å². The maximum absolute atomic E-state index is 12.7. The number of carbonyl (C=O) groups is 2. The molecular weight excluding hydrogens is 365 g/mol. The number of hydrogen-bond acceptors (Lipinski definition) is 4. The van der Waals surface area contributed by atoms with Gasteiger partial charge in [0.15, 0.2) is 6.61 Å². The maximum Gasteiger partial charge on any atom is 0.416 e. The third-order valence-electron chi connectivity index (χ3n) is 3.36. The summed E-state index contributed by atoms with van der Waals surface area (Å²) in [5, 5.41) is 13.5. The zero-order valence-corrected chi connectivity index (χ0v) is 14.0. The Morgan fingerprint density at radius 3 is 2.41 bits per heavy atom. The summed E-state index contributed by atoms with van der Waals surface area (Å²) < 4.78 is 43.2. The van der Waals surface area contributed by atoms with Crippen LogP contribution in [0.3, 0.4) is 0 Å². The fraction of sp³-hybridized carbons (Fsp3) is 0.222. The Hall–Kier alpha value is -3.07. The van der Waals surface area contributed by atoms with Crippen molar-refractivity contribution in [2.45, 2.75) is 6.18 Å². The number of alkyl halides is 3. The summed E-state index contributed by atoms with van der Waals surface area (Å²) in [6.45, 7) is -0.451. The Balaban J connectivity index is 1.88. The molecule has 0 spiro atoms. The molecule has 0 fully saturated rings. The number of amides is 2. The largest absolute Gasteiger partial charge is 0.484 e. The average molecular weight is 382 g/mol. The Morgan fingerprint density at radius 1 is 1.07 bits per heavy atom. The Bertz CT molecular complexity index is 792. The predicted octanol–water partition coefficient (Wildman–Crippen LogP) is 2.44. The number of ether oxygens (including phenoxy) is 1. The van der Waals surface area contributed by atoms with E-state index in [0.717, 1.165) is 12.1 Å². The summed E-state index contributed by atoms with van der Waals surface area (Å²) in [7, 11) is 0. The molecule has 3 N–H and O–H groups in total. The van der Waals surface area contributed by atoms with Crippen LogP contribution in [-0.2, 0) is 11.0 Å². The normalized spacial score (nSPS) is 11.0. The van der Waals surface area contributed by atoms with Crippen LogP contribution >= 0.6 is 0 Å². The van der Waals surface area contributed by atoms with Gasteiger partial charge < -0.3 is 20.5 Å². The molecule has 2 aromatic carbocycles. The zero-order valence-electron chi connectivity index (χ0n) is 14.0. The van der Waals surface area contributed by atoms with Crippen LogP contribution in [0.5, 0.6) is 5.75 Å². The third kappa shape index (κ3) is 6.30. The van der Waals surface area contributed by atoms with Crippen molar-refractivity contribution in [2.24, 2.45) is 0 Å². The van der Waals surface area contributed by atoms with Crippen LogP contribution in [0.25, 0.3) is 0 Å². The van der Waals surface area contributed by atoms with Crippen LogP contribution in [0, 0.1) is 0 Å². The molecule has 2 aromatic rings. The Morgan fingerprint density at radius 2 is 1.78 bits per heavy atom. The van der Waals surface area contributed by atoms with E-state index in [0.29, 0.717) is 11.3 Å². The van der Waals surface area contributed by atoms with E-state index < -0.39 is 24.3 Å². The molecule has 2 rings (SSSR count). The molecule has 0 bridgehead atoms. The summed E-state index contributed by atoms with van der Waals surface area (Å²) in [5.74, 6) is -0.676. The highest BCUT2D eigenvalue weighted by Gasteiger charge is 2.30. The minimum Gasteiger partial charge on any atom is -0.484 e. The molecule has 0 aliphatic heterocycles. The van der Waals surface area contributed by atoms with Crippen LogP contribution in [0.15, 0.2) is 48.5 Å². The molecule has 0 saturated carbocycles. The maximum atomic E-state index is 12.7. The molecule has 9 heteroatoms.